The number of amides is 1. The molecule has 0 heterocycles. The molecular formula is C16H26NO5PS. The van der Waals surface area contributed by atoms with Crippen molar-refractivity contribution in [1.82, 2.24) is 4.67 Å². The molecule has 0 N–H and O–H groups in total. The molecule has 0 aromatic heterocycles. The monoisotopic (exact) mass is 375 g/mol. The van der Waals surface area contributed by atoms with Crippen molar-refractivity contribution in [3.8, 4) is 11.5 Å². The van der Waals surface area contributed by atoms with Crippen LogP contribution in [0.25, 0.3) is 0 Å². The highest BCUT2D eigenvalue weighted by Crippen LogP contribution is 2.52. The van der Waals surface area contributed by atoms with Gasteiger partial charge in [-0.3, -0.25) is 0 Å². The highest BCUT2D eigenvalue weighted by Gasteiger charge is 2.33. The summed E-state index contributed by atoms with van der Waals surface area (Å²) < 4.78 is 23.6. The van der Waals surface area contributed by atoms with E-state index in [9.17, 15) is 4.79 Å². The van der Waals surface area contributed by atoms with E-state index in [0.29, 0.717) is 31.3 Å². The van der Waals surface area contributed by atoms with Gasteiger partial charge in [-0.05, 0) is 58.6 Å². The van der Waals surface area contributed by atoms with Crippen molar-refractivity contribution in [3.05, 3.63) is 24.3 Å². The molecule has 8 heteroatoms. The van der Waals surface area contributed by atoms with Crippen LogP contribution in [0, 0.1) is 0 Å². The average Bonchev–Trinajstić information content (AvgIpc) is 2.49. The van der Waals surface area contributed by atoms with Crippen LogP contribution in [-0.4, -0.2) is 36.6 Å². The molecule has 0 unspecified atom stereocenters. The number of nitrogens with zero attached hydrogens (tertiary/aromatic N) is 1. The first kappa shape index (κ1) is 20.9. The Hall–Kier alpha value is -1.14. The number of hydrogen-bond donors (Lipinski definition) is 0. The molecule has 0 aliphatic rings. The molecule has 6 nitrogen and oxygen atoms in total. The minimum Gasteiger partial charge on any atom is -0.487 e. The second-order valence-corrected chi connectivity index (χ2v) is 8.32. The number of carbonyl (C=O) groups excluding carboxylic acids is 1. The van der Waals surface area contributed by atoms with Crippen LogP contribution in [0.1, 0.15) is 34.6 Å². The van der Waals surface area contributed by atoms with Gasteiger partial charge < -0.3 is 18.5 Å². The fourth-order valence-corrected chi connectivity index (χ4v) is 4.71. The van der Waals surface area contributed by atoms with Crippen molar-refractivity contribution in [2.24, 2.45) is 0 Å². The summed E-state index contributed by atoms with van der Waals surface area (Å²) in [6, 6.07) is 7.01. The summed E-state index contributed by atoms with van der Waals surface area (Å²) >= 11 is 5.48. The van der Waals surface area contributed by atoms with Crippen molar-refractivity contribution in [1.29, 1.82) is 0 Å². The quantitative estimate of drug-likeness (QED) is 0.588. The van der Waals surface area contributed by atoms with Crippen LogP contribution in [0.5, 0.6) is 11.5 Å². The maximum atomic E-state index is 12.6. The van der Waals surface area contributed by atoms with E-state index in [-0.39, 0.29) is 6.10 Å². The maximum absolute atomic E-state index is 12.6. The first-order chi connectivity index (χ1) is 11.4. The van der Waals surface area contributed by atoms with Crippen LogP contribution >= 0.6 is 6.64 Å². The fraction of sp³-hybridized carbons (Fsp3) is 0.562. The molecule has 0 atom stereocenters. The molecule has 136 valence electrons. The predicted molar refractivity (Wildman–Crippen MR) is 98.1 cm³/mol. The summed E-state index contributed by atoms with van der Waals surface area (Å²) in [5.41, 5.74) is 0. The molecule has 0 bridgehead atoms. The Morgan fingerprint density at radius 2 is 1.67 bits per heavy atom. The maximum Gasteiger partial charge on any atom is 0.422 e. The third-order valence-electron chi connectivity index (χ3n) is 2.80. The van der Waals surface area contributed by atoms with E-state index in [1.54, 1.807) is 25.1 Å². The molecule has 1 rings (SSSR count). The van der Waals surface area contributed by atoms with Gasteiger partial charge in [-0.15, -0.1) is 0 Å². The third kappa shape index (κ3) is 5.74. The summed E-state index contributed by atoms with van der Waals surface area (Å²) in [4.78, 5) is 12.6. The lowest BCUT2D eigenvalue weighted by Crippen LogP contribution is -2.32. The number of rotatable bonds is 9. The average molecular weight is 375 g/mol. The zero-order valence-corrected chi connectivity index (χ0v) is 16.6. The van der Waals surface area contributed by atoms with Crippen molar-refractivity contribution < 1.29 is 23.3 Å². The lowest BCUT2D eigenvalue weighted by Gasteiger charge is -2.31. The second-order valence-electron chi connectivity index (χ2n) is 5.00. The van der Waals surface area contributed by atoms with Crippen molar-refractivity contribution >= 4 is 24.5 Å². The lowest BCUT2D eigenvalue weighted by atomic mass is 10.3. The van der Waals surface area contributed by atoms with Gasteiger partial charge >= 0.3 is 6.09 Å². The molecule has 1 aromatic rings. The molecule has 1 amide bonds. The van der Waals surface area contributed by atoms with Crippen molar-refractivity contribution in [3.63, 3.8) is 0 Å². The summed E-state index contributed by atoms with van der Waals surface area (Å²) in [6.07, 6.45) is -0.646. The van der Waals surface area contributed by atoms with Crippen LogP contribution in [0.15, 0.2) is 24.3 Å². The smallest absolute Gasteiger partial charge is 0.422 e. The minimum atomic E-state index is -2.91. The van der Waals surface area contributed by atoms with Crippen LogP contribution < -0.4 is 9.47 Å². The highest BCUT2D eigenvalue weighted by atomic mass is 32.5. The Morgan fingerprint density at radius 1 is 1.12 bits per heavy atom. The van der Waals surface area contributed by atoms with Gasteiger partial charge in [0.25, 0.3) is 6.64 Å². The zero-order valence-electron chi connectivity index (χ0n) is 14.9. The number of ether oxygens (including phenoxy) is 2. The fourth-order valence-electron chi connectivity index (χ4n) is 1.94. The largest absolute Gasteiger partial charge is 0.487 e. The molecule has 24 heavy (non-hydrogen) atoms. The lowest BCUT2D eigenvalue weighted by molar-refractivity contribution is 0.158. The van der Waals surface area contributed by atoms with Gasteiger partial charge in [-0.2, -0.15) is 0 Å². The molecule has 0 fully saturated rings. The predicted octanol–water partition coefficient (Wildman–Crippen LogP) is 4.59. The molecule has 0 aliphatic heterocycles. The van der Waals surface area contributed by atoms with Gasteiger partial charge in [0.1, 0.15) is 0 Å². The Morgan fingerprint density at radius 3 is 2.12 bits per heavy atom. The number of carbonyl (C=O) groups is 1. The van der Waals surface area contributed by atoms with E-state index >= 15 is 0 Å². The van der Waals surface area contributed by atoms with E-state index in [1.807, 2.05) is 33.8 Å². The van der Waals surface area contributed by atoms with Crippen molar-refractivity contribution in [2.75, 3.05) is 19.8 Å². The van der Waals surface area contributed by atoms with Crippen LogP contribution in [0.2, 0.25) is 0 Å². The standard InChI is InChI=1S/C16H26NO5PS/c1-6-17(23(24,19-7-2)20-8-3)16(18)22-15-12-10-9-11-14(15)21-13(4)5/h9-13H,6-8H2,1-5H3. The van der Waals surface area contributed by atoms with Crippen molar-refractivity contribution in [2.45, 2.75) is 40.7 Å². The number of hydrogen-bond acceptors (Lipinski definition) is 6. The van der Waals surface area contributed by atoms with Gasteiger partial charge in [0.05, 0.1) is 19.3 Å². The summed E-state index contributed by atoms with van der Waals surface area (Å²) in [5, 5.41) is 0. The van der Waals surface area contributed by atoms with E-state index in [2.05, 4.69) is 0 Å². The Labute approximate surface area is 149 Å². The summed E-state index contributed by atoms with van der Waals surface area (Å²) in [5.74, 6) is 0.835. The first-order valence-electron chi connectivity index (χ1n) is 8.02. The Bertz CT molecular complexity index is 571. The highest BCUT2D eigenvalue weighted by molar-refractivity contribution is 8.09. The number of para-hydroxylation sites is 2. The van der Waals surface area contributed by atoms with E-state index in [1.165, 1.54) is 4.67 Å². The van der Waals surface area contributed by atoms with Crippen LogP contribution in [0.4, 0.5) is 4.79 Å². The first-order valence-corrected chi connectivity index (χ1v) is 10.6. The van der Waals surface area contributed by atoms with E-state index in [0.717, 1.165) is 0 Å². The molecule has 1 aromatic carbocycles. The Kier molecular flexibility index (Phi) is 8.70. The van der Waals surface area contributed by atoms with E-state index in [4.69, 9.17) is 30.3 Å². The van der Waals surface area contributed by atoms with Gasteiger partial charge in [0, 0.05) is 6.54 Å². The van der Waals surface area contributed by atoms with Crippen LogP contribution in [-0.2, 0) is 20.9 Å². The van der Waals surface area contributed by atoms with Gasteiger partial charge in [-0.1, -0.05) is 12.1 Å². The number of benzene rings is 1. The normalized spacial score (nSPS) is 11.4. The Balaban J connectivity index is 3.01. The topological polar surface area (TPSA) is 57.2 Å². The van der Waals surface area contributed by atoms with Gasteiger partial charge in [0.15, 0.2) is 11.5 Å². The molecule has 0 spiro atoms. The SMILES string of the molecule is CCOP(=S)(OCC)N(CC)C(=O)Oc1ccccc1OC(C)C. The summed E-state index contributed by atoms with van der Waals surface area (Å²) in [6.45, 7) is 7.35. The molecule has 0 radical (unpaired) electrons. The molecule has 0 saturated heterocycles. The minimum absolute atomic E-state index is 0.0375. The molecular weight excluding hydrogens is 349 g/mol. The molecule has 0 saturated carbocycles. The molecule has 0 aliphatic carbocycles. The zero-order chi connectivity index (χ0) is 18.2. The second kappa shape index (κ2) is 9.99. The van der Waals surface area contributed by atoms with Crippen LogP contribution in [0.3, 0.4) is 0 Å². The third-order valence-corrected chi connectivity index (χ3v) is 6.23. The summed E-state index contributed by atoms with van der Waals surface area (Å²) in [7, 11) is 0. The van der Waals surface area contributed by atoms with Gasteiger partial charge in [0.2, 0.25) is 0 Å². The van der Waals surface area contributed by atoms with E-state index < -0.39 is 12.7 Å². The van der Waals surface area contributed by atoms with Gasteiger partial charge in [-0.25, -0.2) is 9.46 Å².